The number of morpholine rings is 1. The molecule has 0 aromatic carbocycles. The van der Waals surface area contributed by atoms with Crippen LogP contribution in [0.3, 0.4) is 0 Å². The Hall–Kier alpha value is -1.16. The quantitative estimate of drug-likeness (QED) is 0.890. The van der Waals surface area contributed by atoms with Crippen LogP contribution in [0.4, 0.5) is 13.2 Å². The van der Waals surface area contributed by atoms with Crippen LogP contribution in [0.25, 0.3) is 0 Å². The summed E-state index contributed by atoms with van der Waals surface area (Å²) in [6, 6.07) is 4.90. The van der Waals surface area contributed by atoms with Crippen molar-refractivity contribution < 1.29 is 32.5 Å². The van der Waals surface area contributed by atoms with E-state index in [0.29, 0.717) is 12.1 Å². The maximum absolute atomic E-state index is 10.6. The molecule has 0 unspecified atom stereocenters. The van der Waals surface area contributed by atoms with Gasteiger partial charge in [-0.25, -0.2) is 4.79 Å². The van der Waals surface area contributed by atoms with Crippen LogP contribution in [0.5, 0.6) is 0 Å². The Morgan fingerprint density at radius 1 is 1.50 bits per heavy atom. The number of nitrogens with zero attached hydrogens (tertiary/aromatic N) is 1. The van der Waals surface area contributed by atoms with Gasteiger partial charge in [0.05, 0.1) is 18.8 Å². The molecule has 2 heterocycles. The van der Waals surface area contributed by atoms with Crippen LogP contribution >= 0.6 is 11.3 Å². The Morgan fingerprint density at radius 2 is 2.21 bits per heavy atom. The van der Waals surface area contributed by atoms with E-state index in [-0.39, 0.29) is 6.10 Å². The zero-order valence-corrected chi connectivity index (χ0v) is 14.0. The molecule has 3 atom stereocenters. The first-order valence-corrected chi connectivity index (χ1v) is 8.42. The largest absolute Gasteiger partial charge is 0.490 e. The van der Waals surface area contributed by atoms with Crippen molar-refractivity contribution in [2.45, 2.75) is 43.8 Å². The van der Waals surface area contributed by atoms with Gasteiger partial charge in [0, 0.05) is 31.1 Å². The highest BCUT2D eigenvalue weighted by atomic mass is 32.1. The molecule has 136 valence electrons. The number of carbonyl (C=O) groups is 1. The molecule has 9 heteroatoms. The standard InChI is InChI=1S/C13H19NO2S.C2HF3O2/c1-15-12-5-4-11-13(12)16-7-6-14(11)9-10-3-2-8-17-10;3-2(4,5)1(6)7/h2-3,8,11-13H,4-7,9H2,1H3;(H,6,7)/t11-,12-,13+;/m0./s1. The lowest BCUT2D eigenvalue weighted by Crippen LogP contribution is -2.50. The minimum absolute atomic E-state index is 0.286. The number of hydrogen-bond donors (Lipinski definition) is 1. The van der Waals surface area contributed by atoms with Crippen molar-refractivity contribution in [2.75, 3.05) is 20.3 Å². The third-order valence-electron chi connectivity index (χ3n) is 4.13. The van der Waals surface area contributed by atoms with E-state index >= 15 is 0 Å². The normalized spacial score (nSPS) is 27.2. The summed E-state index contributed by atoms with van der Waals surface area (Å²) in [6.45, 7) is 2.96. The van der Waals surface area contributed by atoms with Crippen LogP contribution in [0.2, 0.25) is 0 Å². The molecule has 0 spiro atoms. The van der Waals surface area contributed by atoms with Crippen molar-refractivity contribution in [1.82, 2.24) is 4.90 Å². The molecule has 1 saturated heterocycles. The Morgan fingerprint density at radius 3 is 2.75 bits per heavy atom. The Balaban J connectivity index is 0.000000256. The van der Waals surface area contributed by atoms with Crippen LogP contribution in [0.1, 0.15) is 17.7 Å². The van der Waals surface area contributed by atoms with E-state index < -0.39 is 12.1 Å². The number of methoxy groups -OCH3 is 1. The van der Waals surface area contributed by atoms with Crippen LogP contribution in [-0.2, 0) is 20.8 Å². The number of carboxylic acid groups (broad SMARTS) is 1. The fourth-order valence-electron chi connectivity index (χ4n) is 3.04. The fraction of sp³-hybridized carbons (Fsp3) is 0.667. The summed E-state index contributed by atoms with van der Waals surface area (Å²) in [7, 11) is 1.80. The maximum Gasteiger partial charge on any atom is 0.490 e. The van der Waals surface area contributed by atoms with Crippen molar-refractivity contribution in [3.05, 3.63) is 22.4 Å². The summed E-state index contributed by atoms with van der Waals surface area (Å²) >= 11 is 1.84. The van der Waals surface area contributed by atoms with Gasteiger partial charge in [-0.15, -0.1) is 11.3 Å². The molecule has 1 aromatic heterocycles. The van der Waals surface area contributed by atoms with Gasteiger partial charge in [0.15, 0.2) is 0 Å². The first-order valence-electron chi connectivity index (χ1n) is 7.54. The highest BCUT2D eigenvalue weighted by Crippen LogP contribution is 2.32. The SMILES string of the molecule is CO[C@H]1CC[C@H]2[C@H]1OCCN2Cc1cccs1.O=C(O)C(F)(F)F. The first-order chi connectivity index (χ1) is 11.3. The molecule has 2 aliphatic rings. The molecule has 1 aliphatic heterocycles. The lowest BCUT2D eigenvalue weighted by atomic mass is 10.1. The topological polar surface area (TPSA) is 59.0 Å². The molecule has 0 bridgehead atoms. The van der Waals surface area contributed by atoms with Crippen LogP contribution < -0.4 is 0 Å². The second-order valence-electron chi connectivity index (χ2n) is 5.61. The average molecular weight is 367 g/mol. The van der Waals surface area contributed by atoms with Crippen LogP contribution in [-0.4, -0.2) is 60.7 Å². The summed E-state index contributed by atoms with van der Waals surface area (Å²) < 4.78 is 43.1. The van der Waals surface area contributed by atoms with E-state index in [4.69, 9.17) is 19.4 Å². The number of rotatable bonds is 3. The molecule has 24 heavy (non-hydrogen) atoms. The highest BCUT2D eigenvalue weighted by Gasteiger charge is 2.42. The lowest BCUT2D eigenvalue weighted by molar-refractivity contribution is -0.192. The minimum Gasteiger partial charge on any atom is -0.475 e. The van der Waals surface area contributed by atoms with E-state index in [1.54, 1.807) is 7.11 Å². The zero-order chi connectivity index (χ0) is 17.7. The fourth-order valence-corrected chi connectivity index (χ4v) is 3.77. The predicted octanol–water partition coefficient (Wildman–Crippen LogP) is 2.76. The third kappa shape index (κ3) is 4.92. The summed E-state index contributed by atoms with van der Waals surface area (Å²) in [5.74, 6) is -2.76. The van der Waals surface area contributed by atoms with Crippen LogP contribution in [0, 0.1) is 0 Å². The van der Waals surface area contributed by atoms with E-state index in [1.165, 1.54) is 11.3 Å². The minimum atomic E-state index is -5.08. The molecule has 0 amide bonds. The monoisotopic (exact) mass is 367 g/mol. The Labute approximate surface area is 142 Å². The van der Waals surface area contributed by atoms with Gasteiger partial charge in [0.2, 0.25) is 0 Å². The zero-order valence-electron chi connectivity index (χ0n) is 13.2. The van der Waals surface area contributed by atoms with Gasteiger partial charge in [0.1, 0.15) is 0 Å². The third-order valence-corrected chi connectivity index (χ3v) is 5.00. The lowest BCUT2D eigenvalue weighted by Gasteiger charge is -2.38. The van der Waals surface area contributed by atoms with E-state index in [1.807, 2.05) is 11.3 Å². The summed E-state index contributed by atoms with van der Waals surface area (Å²) in [4.78, 5) is 12.9. The Bertz CT molecular complexity index is 523. The van der Waals surface area contributed by atoms with Crippen molar-refractivity contribution in [2.24, 2.45) is 0 Å². The number of halogens is 3. The van der Waals surface area contributed by atoms with Gasteiger partial charge in [0.25, 0.3) is 0 Å². The van der Waals surface area contributed by atoms with Gasteiger partial charge in [-0.3, -0.25) is 4.90 Å². The molecule has 3 rings (SSSR count). The molecule has 1 aromatic rings. The van der Waals surface area contributed by atoms with Crippen molar-refractivity contribution in [3.63, 3.8) is 0 Å². The number of alkyl halides is 3. The number of aliphatic carboxylic acids is 1. The molecular weight excluding hydrogens is 347 g/mol. The Kier molecular flexibility index (Phi) is 6.62. The van der Waals surface area contributed by atoms with Crippen molar-refractivity contribution in [3.8, 4) is 0 Å². The number of hydrogen-bond acceptors (Lipinski definition) is 5. The second kappa shape index (κ2) is 8.28. The maximum atomic E-state index is 10.6. The number of thiophene rings is 1. The van der Waals surface area contributed by atoms with Crippen LogP contribution in [0.15, 0.2) is 17.5 Å². The number of fused-ring (bicyclic) bond motifs is 1. The van der Waals surface area contributed by atoms with E-state index in [9.17, 15) is 13.2 Å². The number of carboxylic acids is 1. The molecule has 1 N–H and O–H groups in total. The van der Waals surface area contributed by atoms with Gasteiger partial charge in [-0.05, 0) is 24.3 Å². The van der Waals surface area contributed by atoms with Gasteiger partial charge < -0.3 is 14.6 Å². The number of ether oxygens (including phenoxy) is 2. The average Bonchev–Trinajstić information content (AvgIpc) is 3.16. The highest BCUT2D eigenvalue weighted by molar-refractivity contribution is 7.09. The summed E-state index contributed by atoms with van der Waals surface area (Å²) in [5, 5.41) is 9.28. The van der Waals surface area contributed by atoms with Crippen molar-refractivity contribution in [1.29, 1.82) is 0 Å². The van der Waals surface area contributed by atoms with E-state index in [0.717, 1.165) is 26.1 Å². The van der Waals surface area contributed by atoms with Gasteiger partial charge >= 0.3 is 12.1 Å². The second-order valence-corrected chi connectivity index (χ2v) is 6.64. The molecule has 5 nitrogen and oxygen atoms in total. The van der Waals surface area contributed by atoms with E-state index in [2.05, 4.69) is 22.4 Å². The van der Waals surface area contributed by atoms with Gasteiger partial charge in [-0.2, -0.15) is 13.2 Å². The molecule has 1 aliphatic carbocycles. The molecule has 2 fully saturated rings. The molecule has 1 saturated carbocycles. The summed E-state index contributed by atoms with van der Waals surface area (Å²) in [6.07, 6.45) is -2.17. The van der Waals surface area contributed by atoms with Gasteiger partial charge in [-0.1, -0.05) is 6.07 Å². The predicted molar refractivity (Wildman–Crippen MR) is 82.0 cm³/mol. The smallest absolute Gasteiger partial charge is 0.475 e. The summed E-state index contributed by atoms with van der Waals surface area (Å²) in [5.41, 5.74) is 0. The van der Waals surface area contributed by atoms with Crippen molar-refractivity contribution >= 4 is 17.3 Å². The molecular formula is C15H20F3NO4S. The first kappa shape index (κ1) is 19.2. The molecule has 0 radical (unpaired) electrons.